The molecule has 2 aliphatic rings. The van der Waals surface area contributed by atoms with Crippen LogP contribution in [0.2, 0.25) is 0 Å². The van der Waals surface area contributed by atoms with Crippen LogP contribution in [0.25, 0.3) is 11.1 Å². The van der Waals surface area contributed by atoms with Gasteiger partial charge in [0.15, 0.2) is 0 Å². The van der Waals surface area contributed by atoms with Gasteiger partial charge in [-0.05, 0) is 109 Å². The zero-order valence-corrected chi connectivity index (χ0v) is 25.4. The van der Waals surface area contributed by atoms with Gasteiger partial charge in [-0.1, -0.05) is 103 Å². The number of hydrogen-bond donors (Lipinski definition) is 0. The summed E-state index contributed by atoms with van der Waals surface area (Å²) in [5.74, 6) is 4.82. The van der Waals surface area contributed by atoms with Gasteiger partial charge in [0.25, 0.3) is 0 Å². The first-order chi connectivity index (χ1) is 18.5. The molecular formula is C37H56O. The minimum Gasteiger partial charge on any atom is -0.493 e. The highest BCUT2D eigenvalue weighted by Gasteiger charge is 2.26. The van der Waals surface area contributed by atoms with Gasteiger partial charge in [-0.3, -0.25) is 0 Å². The summed E-state index contributed by atoms with van der Waals surface area (Å²) in [6.07, 6.45) is 19.1. The van der Waals surface area contributed by atoms with Crippen LogP contribution in [0.5, 0.6) is 5.75 Å². The van der Waals surface area contributed by atoms with Crippen LogP contribution < -0.4 is 4.74 Å². The van der Waals surface area contributed by atoms with Crippen LogP contribution in [0.15, 0.2) is 42.5 Å². The smallest absolute Gasteiger partial charge is 0.122 e. The molecule has 210 valence electrons. The fourth-order valence-electron chi connectivity index (χ4n) is 7.28. The molecule has 0 aromatic heterocycles. The summed E-state index contributed by atoms with van der Waals surface area (Å²) in [5, 5.41) is 0. The van der Waals surface area contributed by atoms with Crippen molar-refractivity contribution in [3.63, 3.8) is 0 Å². The molecule has 0 heterocycles. The predicted octanol–water partition coefficient (Wildman–Crippen LogP) is 11.4. The first-order valence-electron chi connectivity index (χ1n) is 16.3. The SMILES string of the molecule is CCc1cc(-c2ccc(C3CCC(CCC4CCC(C)CC4)CC3)cc2)ccc1OCC(CC)(CC)CC. The van der Waals surface area contributed by atoms with Gasteiger partial charge < -0.3 is 4.74 Å². The second kappa shape index (κ2) is 14.0. The summed E-state index contributed by atoms with van der Waals surface area (Å²) in [5.41, 5.74) is 5.82. The lowest BCUT2D eigenvalue weighted by molar-refractivity contribution is 0.127. The third kappa shape index (κ3) is 7.45. The maximum absolute atomic E-state index is 6.42. The van der Waals surface area contributed by atoms with Crippen molar-refractivity contribution in [2.45, 2.75) is 130 Å². The van der Waals surface area contributed by atoms with E-state index in [-0.39, 0.29) is 0 Å². The Morgan fingerprint density at radius 2 is 1.24 bits per heavy atom. The van der Waals surface area contributed by atoms with Gasteiger partial charge >= 0.3 is 0 Å². The highest BCUT2D eigenvalue weighted by atomic mass is 16.5. The van der Waals surface area contributed by atoms with Crippen LogP contribution >= 0.6 is 0 Å². The molecule has 0 radical (unpaired) electrons. The predicted molar refractivity (Wildman–Crippen MR) is 165 cm³/mol. The van der Waals surface area contributed by atoms with Crippen LogP contribution in [-0.2, 0) is 6.42 Å². The number of rotatable bonds is 12. The molecule has 0 N–H and O–H groups in total. The highest BCUT2D eigenvalue weighted by molar-refractivity contribution is 5.66. The topological polar surface area (TPSA) is 9.23 Å². The summed E-state index contributed by atoms with van der Waals surface area (Å²) in [7, 11) is 0. The Balaban J connectivity index is 1.30. The lowest BCUT2D eigenvalue weighted by atomic mass is 9.74. The van der Waals surface area contributed by atoms with Crippen molar-refractivity contribution in [1.82, 2.24) is 0 Å². The molecular weight excluding hydrogens is 460 g/mol. The molecule has 38 heavy (non-hydrogen) atoms. The summed E-state index contributed by atoms with van der Waals surface area (Å²) >= 11 is 0. The summed E-state index contributed by atoms with van der Waals surface area (Å²) in [6, 6.07) is 16.4. The van der Waals surface area contributed by atoms with Crippen LogP contribution in [0.1, 0.15) is 135 Å². The average molecular weight is 517 g/mol. The number of hydrogen-bond acceptors (Lipinski definition) is 1. The fraction of sp³-hybridized carbons (Fsp3) is 0.676. The first-order valence-corrected chi connectivity index (χ1v) is 16.3. The molecule has 0 bridgehead atoms. The average Bonchev–Trinajstić information content (AvgIpc) is 2.98. The molecule has 1 nitrogen and oxygen atoms in total. The third-order valence-corrected chi connectivity index (χ3v) is 10.9. The van der Waals surface area contributed by atoms with Crippen molar-refractivity contribution < 1.29 is 4.74 Å². The Morgan fingerprint density at radius 1 is 0.684 bits per heavy atom. The molecule has 2 fully saturated rings. The number of ether oxygens (including phenoxy) is 1. The number of benzene rings is 2. The number of aryl methyl sites for hydroxylation is 1. The molecule has 2 aromatic carbocycles. The molecule has 0 spiro atoms. The molecule has 0 saturated heterocycles. The van der Waals surface area contributed by atoms with E-state index in [4.69, 9.17) is 4.74 Å². The Hall–Kier alpha value is -1.76. The van der Waals surface area contributed by atoms with Gasteiger partial charge in [0.05, 0.1) is 6.61 Å². The van der Waals surface area contributed by atoms with E-state index in [0.29, 0.717) is 5.41 Å². The summed E-state index contributed by atoms with van der Waals surface area (Å²) < 4.78 is 6.42. The van der Waals surface area contributed by atoms with E-state index in [9.17, 15) is 0 Å². The van der Waals surface area contributed by atoms with Crippen LogP contribution in [0.3, 0.4) is 0 Å². The van der Waals surface area contributed by atoms with Gasteiger partial charge in [-0.25, -0.2) is 0 Å². The molecule has 2 aromatic rings. The van der Waals surface area contributed by atoms with Crippen molar-refractivity contribution in [3.8, 4) is 16.9 Å². The van der Waals surface area contributed by atoms with Gasteiger partial charge in [0, 0.05) is 5.41 Å². The third-order valence-electron chi connectivity index (χ3n) is 10.9. The van der Waals surface area contributed by atoms with E-state index in [1.54, 1.807) is 5.56 Å². The van der Waals surface area contributed by atoms with E-state index in [2.05, 4.69) is 77.1 Å². The maximum atomic E-state index is 6.42. The minimum absolute atomic E-state index is 0.298. The van der Waals surface area contributed by atoms with Crippen molar-refractivity contribution >= 4 is 0 Å². The van der Waals surface area contributed by atoms with Crippen LogP contribution in [0.4, 0.5) is 0 Å². The standard InChI is InChI=1S/C37H56O/c1-6-31-26-35(24-25-36(31)38-27-37(7-2,8-3)9-4)34-22-20-33(21-23-34)32-18-16-30(17-19-32)15-14-29-12-10-28(5)11-13-29/h20-26,28-30,32H,6-19,27H2,1-5H3. The largest absolute Gasteiger partial charge is 0.493 e. The Kier molecular flexibility index (Phi) is 10.8. The molecule has 0 unspecified atom stereocenters. The van der Waals surface area contributed by atoms with Crippen molar-refractivity contribution in [3.05, 3.63) is 53.6 Å². The Labute approximate surface area is 235 Å². The van der Waals surface area contributed by atoms with Crippen LogP contribution in [0, 0.1) is 23.2 Å². The van der Waals surface area contributed by atoms with E-state index in [0.717, 1.165) is 42.4 Å². The highest BCUT2D eigenvalue weighted by Crippen LogP contribution is 2.40. The Morgan fingerprint density at radius 3 is 1.79 bits per heavy atom. The van der Waals surface area contributed by atoms with Gasteiger partial charge in [-0.15, -0.1) is 0 Å². The molecule has 0 atom stereocenters. The quantitative estimate of drug-likeness (QED) is 0.272. The van der Waals surface area contributed by atoms with E-state index in [1.807, 2.05) is 0 Å². The molecule has 2 saturated carbocycles. The van der Waals surface area contributed by atoms with Crippen molar-refractivity contribution in [2.75, 3.05) is 6.61 Å². The van der Waals surface area contributed by atoms with Crippen LogP contribution in [-0.4, -0.2) is 6.61 Å². The lowest BCUT2D eigenvalue weighted by Gasteiger charge is -2.31. The molecule has 0 aliphatic heterocycles. The van der Waals surface area contributed by atoms with E-state index >= 15 is 0 Å². The summed E-state index contributed by atoms with van der Waals surface area (Å²) in [6.45, 7) is 12.4. The molecule has 2 aliphatic carbocycles. The minimum atomic E-state index is 0.298. The summed E-state index contributed by atoms with van der Waals surface area (Å²) in [4.78, 5) is 0. The van der Waals surface area contributed by atoms with E-state index in [1.165, 1.54) is 100 Å². The van der Waals surface area contributed by atoms with Crippen molar-refractivity contribution in [1.29, 1.82) is 0 Å². The van der Waals surface area contributed by atoms with Gasteiger partial charge in [0.2, 0.25) is 0 Å². The van der Waals surface area contributed by atoms with Gasteiger partial charge in [0.1, 0.15) is 5.75 Å². The van der Waals surface area contributed by atoms with Crippen molar-refractivity contribution in [2.24, 2.45) is 23.2 Å². The maximum Gasteiger partial charge on any atom is 0.122 e. The van der Waals surface area contributed by atoms with E-state index < -0.39 is 0 Å². The second-order valence-corrected chi connectivity index (χ2v) is 13.1. The molecule has 0 amide bonds. The molecule has 1 heteroatoms. The second-order valence-electron chi connectivity index (χ2n) is 13.1. The Bertz CT molecular complexity index is 944. The fourth-order valence-corrected chi connectivity index (χ4v) is 7.28. The van der Waals surface area contributed by atoms with Gasteiger partial charge in [-0.2, -0.15) is 0 Å². The molecule has 4 rings (SSSR count). The zero-order valence-electron chi connectivity index (χ0n) is 25.4. The monoisotopic (exact) mass is 516 g/mol. The zero-order chi connectivity index (χ0) is 27.0. The first kappa shape index (κ1) is 29.2. The lowest BCUT2D eigenvalue weighted by Crippen LogP contribution is -2.26. The normalized spacial score (nSPS) is 24.3.